The summed E-state index contributed by atoms with van der Waals surface area (Å²) in [5.74, 6) is 0.959. The van der Waals surface area contributed by atoms with Gasteiger partial charge in [0.05, 0.1) is 18.7 Å². The average Bonchev–Trinajstić information content (AvgIpc) is 2.55. The maximum Gasteiger partial charge on any atom is 0.237 e. The van der Waals surface area contributed by atoms with Crippen LogP contribution < -0.4 is 15.4 Å². The molecular formula is C20H25N3O2. The molecule has 0 unspecified atom stereocenters. The summed E-state index contributed by atoms with van der Waals surface area (Å²) in [7, 11) is 1.60. The lowest BCUT2D eigenvalue weighted by Gasteiger charge is -2.43. The minimum Gasteiger partial charge on any atom is -0.494 e. The van der Waals surface area contributed by atoms with E-state index >= 15 is 0 Å². The van der Waals surface area contributed by atoms with Crippen molar-refractivity contribution < 1.29 is 9.53 Å². The van der Waals surface area contributed by atoms with Gasteiger partial charge in [-0.25, -0.2) is 0 Å². The maximum atomic E-state index is 13.2. The molecule has 1 amide bonds. The number of carbonyl (C=O) groups is 1. The predicted molar refractivity (Wildman–Crippen MR) is 99.2 cm³/mol. The molecule has 1 aromatic heterocycles. The van der Waals surface area contributed by atoms with Crippen LogP contribution in [0.3, 0.4) is 0 Å². The Morgan fingerprint density at radius 2 is 2.04 bits per heavy atom. The SMILES string of the molecule is COc1cc(C)ncc1NC(=O)C1(c2ccccc2C(C)C)CNC1. The molecule has 0 aliphatic carbocycles. The molecule has 0 bridgehead atoms. The number of carbonyl (C=O) groups excluding carboxylic acids is 1. The lowest BCUT2D eigenvalue weighted by atomic mass is 9.71. The third-order valence-corrected chi connectivity index (χ3v) is 4.86. The van der Waals surface area contributed by atoms with Gasteiger partial charge in [-0.1, -0.05) is 38.1 Å². The first-order valence-corrected chi connectivity index (χ1v) is 8.60. The second-order valence-electron chi connectivity index (χ2n) is 6.91. The smallest absolute Gasteiger partial charge is 0.237 e. The van der Waals surface area contributed by atoms with Gasteiger partial charge in [-0.3, -0.25) is 9.78 Å². The van der Waals surface area contributed by atoms with Crippen molar-refractivity contribution in [2.24, 2.45) is 0 Å². The van der Waals surface area contributed by atoms with Gasteiger partial charge in [-0.15, -0.1) is 0 Å². The molecule has 1 fully saturated rings. The minimum absolute atomic E-state index is 0.0247. The number of ether oxygens (including phenoxy) is 1. The molecule has 3 rings (SSSR count). The highest BCUT2D eigenvalue weighted by Crippen LogP contribution is 2.36. The molecule has 1 aliphatic heterocycles. The van der Waals surface area contributed by atoms with E-state index in [1.54, 1.807) is 13.3 Å². The van der Waals surface area contributed by atoms with Crippen LogP contribution in [0.5, 0.6) is 5.75 Å². The summed E-state index contributed by atoms with van der Waals surface area (Å²) in [6, 6.07) is 10.0. The largest absolute Gasteiger partial charge is 0.494 e. The van der Waals surface area contributed by atoms with Crippen LogP contribution in [-0.2, 0) is 10.2 Å². The zero-order chi connectivity index (χ0) is 18.0. The lowest BCUT2D eigenvalue weighted by molar-refractivity contribution is -0.123. The standard InChI is InChI=1S/C20H25N3O2/c1-13(2)15-7-5-6-8-16(15)20(11-21-12-20)19(24)23-17-10-22-14(3)9-18(17)25-4/h5-10,13,21H,11-12H2,1-4H3,(H,23,24). The van der Waals surface area contributed by atoms with E-state index in [4.69, 9.17) is 4.74 Å². The molecule has 1 saturated heterocycles. The number of nitrogens with one attached hydrogen (secondary N) is 2. The van der Waals surface area contributed by atoms with Gasteiger partial charge in [0.25, 0.3) is 0 Å². The van der Waals surface area contributed by atoms with E-state index < -0.39 is 5.41 Å². The van der Waals surface area contributed by atoms with Crippen LogP contribution in [-0.4, -0.2) is 31.1 Å². The van der Waals surface area contributed by atoms with Crippen molar-refractivity contribution in [3.8, 4) is 5.75 Å². The van der Waals surface area contributed by atoms with Crippen molar-refractivity contribution in [3.63, 3.8) is 0 Å². The Morgan fingerprint density at radius 3 is 2.64 bits per heavy atom. The van der Waals surface area contributed by atoms with Gasteiger partial charge in [-0.2, -0.15) is 0 Å². The van der Waals surface area contributed by atoms with Crippen molar-refractivity contribution in [3.05, 3.63) is 53.3 Å². The van der Waals surface area contributed by atoms with E-state index in [-0.39, 0.29) is 5.91 Å². The lowest BCUT2D eigenvalue weighted by Crippen LogP contribution is -2.63. The molecule has 25 heavy (non-hydrogen) atoms. The molecule has 0 spiro atoms. The summed E-state index contributed by atoms with van der Waals surface area (Å²) in [5, 5.41) is 6.29. The van der Waals surface area contributed by atoms with Crippen LogP contribution in [0.2, 0.25) is 0 Å². The number of nitrogens with zero attached hydrogens (tertiary/aromatic N) is 1. The predicted octanol–water partition coefficient (Wildman–Crippen LogP) is 3.00. The summed E-state index contributed by atoms with van der Waals surface area (Å²) < 4.78 is 5.39. The number of hydrogen-bond acceptors (Lipinski definition) is 4. The molecule has 1 aromatic carbocycles. The molecule has 5 nitrogen and oxygen atoms in total. The number of amides is 1. The third-order valence-electron chi connectivity index (χ3n) is 4.86. The van der Waals surface area contributed by atoms with Crippen molar-refractivity contribution in [2.45, 2.75) is 32.1 Å². The third kappa shape index (κ3) is 3.12. The monoisotopic (exact) mass is 339 g/mol. The Hall–Kier alpha value is -2.40. The first kappa shape index (κ1) is 17.4. The minimum atomic E-state index is -0.559. The number of methoxy groups -OCH3 is 1. The molecule has 2 heterocycles. The highest BCUT2D eigenvalue weighted by Gasteiger charge is 2.47. The Labute approximate surface area is 148 Å². The normalized spacial score (nSPS) is 15.6. The van der Waals surface area contributed by atoms with Crippen molar-refractivity contribution in [2.75, 3.05) is 25.5 Å². The number of hydrogen-bond donors (Lipinski definition) is 2. The first-order chi connectivity index (χ1) is 12.0. The Bertz CT molecular complexity index is 782. The number of anilines is 1. The van der Waals surface area contributed by atoms with E-state index in [9.17, 15) is 4.79 Å². The van der Waals surface area contributed by atoms with Crippen LogP contribution in [0.1, 0.15) is 36.6 Å². The summed E-state index contributed by atoms with van der Waals surface area (Å²) in [6.45, 7) is 7.46. The summed E-state index contributed by atoms with van der Waals surface area (Å²) in [6.07, 6.45) is 1.65. The Kier molecular flexibility index (Phi) is 4.77. The quantitative estimate of drug-likeness (QED) is 0.879. The van der Waals surface area contributed by atoms with Crippen LogP contribution >= 0.6 is 0 Å². The first-order valence-electron chi connectivity index (χ1n) is 8.60. The second-order valence-corrected chi connectivity index (χ2v) is 6.91. The van der Waals surface area contributed by atoms with Gasteiger partial charge in [0, 0.05) is 24.8 Å². The topological polar surface area (TPSA) is 63.2 Å². The van der Waals surface area contributed by atoms with Crippen molar-refractivity contribution >= 4 is 11.6 Å². The molecule has 2 N–H and O–H groups in total. The van der Waals surface area contributed by atoms with E-state index in [1.165, 1.54) is 5.56 Å². The molecular weight excluding hydrogens is 314 g/mol. The number of benzene rings is 1. The van der Waals surface area contributed by atoms with Gasteiger partial charge < -0.3 is 15.4 Å². The molecule has 132 valence electrons. The fourth-order valence-electron chi connectivity index (χ4n) is 3.32. The molecule has 0 radical (unpaired) electrons. The number of rotatable bonds is 5. The van der Waals surface area contributed by atoms with Crippen LogP contribution in [0, 0.1) is 6.92 Å². The molecule has 2 aromatic rings. The van der Waals surface area contributed by atoms with E-state index in [1.807, 2.05) is 25.1 Å². The van der Waals surface area contributed by atoms with Gasteiger partial charge in [0.2, 0.25) is 5.91 Å². The highest BCUT2D eigenvalue weighted by molar-refractivity contribution is 6.01. The number of aryl methyl sites for hydroxylation is 1. The second kappa shape index (κ2) is 6.84. The van der Waals surface area contributed by atoms with Gasteiger partial charge in [-0.05, 0) is 24.0 Å². The maximum absolute atomic E-state index is 13.2. The van der Waals surface area contributed by atoms with Crippen LogP contribution in [0.15, 0.2) is 36.5 Å². The van der Waals surface area contributed by atoms with Crippen LogP contribution in [0.25, 0.3) is 0 Å². The average molecular weight is 339 g/mol. The molecule has 0 saturated carbocycles. The fourth-order valence-corrected chi connectivity index (χ4v) is 3.32. The van der Waals surface area contributed by atoms with Gasteiger partial charge in [0.1, 0.15) is 11.4 Å². The van der Waals surface area contributed by atoms with E-state index in [2.05, 4.69) is 41.6 Å². The van der Waals surface area contributed by atoms with Crippen molar-refractivity contribution in [1.82, 2.24) is 10.3 Å². The highest BCUT2D eigenvalue weighted by atomic mass is 16.5. The number of aromatic nitrogens is 1. The van der Waals surface area contributed by atoms with Gasteiger partial charge >= 0.3 is 0 Å². The zero-order valence-electron chi connectivity index (χ0n) is 15.2. The number of pyridine rings is 1. The fraction of sp³-hybridized carbons (Fsp3) is 0.400. The Morgan fingerprint density at radius 1 is 1.32 bits per heavy atom. The van der Waals surface area contributed by atoms with Crippen LogP contribution in [0.4, 0.5) is 5.69 Å². The molecule has 5 heteroatoms. The van der Waals surface area contributed by atoms with E-state index in [0.717, 1.165) is 11.3 Å². The molecule has 0 atom stereocenters. The summed E-state index contributed by atoms with van der Waals surface area (Å²) in [4.78, 5) is 17.5. The summed E-state index contributed by atoms with van der Waals surface area (Å²) in [5.41, 5.74) is 3.20. The molecule has 1 aliphatic rings. The zero-order valence-corrected chi connectivity index (χ0v) is 15.2. The van der Waals surface area contributed by atoms with Crippen molar-refractivity contribution in [1.29, 1.82) is 0 Å². The Balaban J connectivity index is 1.95. The van der Waals surface area contributed by atoms with E-state index in [0.29, 0.717) is 30.4 Å². The van der Waals surface area contributed by atoms with Gasteiger partial charge in [0.15, 0.2) is 0 Å². The summed E-state index contributed by atoms with van der Waals surface area (Å²) >= 11 is 0.